The Labute approximate surface area is 172 Å². The van der Waals surface area contributed by atoms with E-state index in [1.165, 1.54) is 25.7 Å². The van der Waals surface area contributed by atoms with Crippen molar-refractivity contribution in [3.8, 4) is 0 Å². The number of hydrogen-bond acceptors (Lipinski definition) is 6. The SMILES string of the molecule is CCCCCCCOCCOCCOCCOCCCC(=O)OCCCCC. The van der Waals surface area contributed by atoms with Gasteiger partial charge in [-0.15, -0.1) is 0 Å². The summed E-state index contributed by atoms with van der Waals surface area (Å²) in [5.74, 6) is -0.131. The van der Waals surface area contributed by atoms with Gasteiger partial charge in [0.25, 0.3) is 0 Å². The Hall–Kier alpha value is -0.690. The first kappa shape index (κ1) is 27.3. The summed E-state index contributed by atoms with van der Waals surface area (Å²) in [5, 5.41) is 0. The smallest absolute Gasteiger partial charge is 0.305 e. The van der Waals surface area contributed by atoms with E-state index >= 15 is 0 Å². The Morgan fingerprint density at radius 2 is 0.929 bits per heavy atom. The zero-order valence-electron chi connectivity index (χ0n) is 18.4. The second-order valence-electron chi connectivity index (χ2n) is 6.89. The molecule has 0 atom stereocenters. The van der Waals surface area contributed by atoms with Crippen molar-refractivity contribution < 1.29 is 28.5 Å². The molecule has 0 aliphatic heterocycles. The topological polar surface area (TPSA) is 63.2 Å². The molecule has 0 N–H and O–H groups in total. The third-order valence-electron chi connectivity index (χ3n) is 4.19. The molecule has 6 heteroatoms. The van der Waals surface area contributed by atoms with Gasteiger partial charge in [-0.3, -0.25) is 4.79 Å². The zero-order valence-corrected chi connectivity index (χ0v) is 18.4. The molecule has 0 radical (unpaired) electrons. The lowest BCUT2D eigenvalue weighted by atomic mass is 10.2. The number of carbonyl (C=O) groups is 1. The molecule has 0 unspecified atom stereocenters. The molecule has 0 aromatic heterocycles. The summed E-state index contributed by atoms with van der Waals surface area (Å²) in [6, 6.07) is 0. The predicted molar refractivity (Wildman–Crippen MR) is 112 cm³/mol. The van der Waals surface area contributed by atoms with Crippen molar-refractivity contribution in [1.29, 1.82) is 0 Å². The van der Waals surface area contributed by atoms with Crippen molar-refractivity contribution in [3.63, 3.8) is 0 Å². The van der Waals surface area contributed by atoms with Crippen LogP contribution in [0.2, 0.25) is 0 Å². The van der Waals surface area contributed by atoms with Gasteiger partial charge >= 0.3 is 5.97 Å². The highest BCUT2D eigenvalue weighted by molar-refractivity contribution is 5.69. The van der Waals surface area contributed by atoms with Crippen LogP contribution in [0.15, 0.2) is 0 Å². The number of carbonyl (C=O) groups excluding carboxylic acids is 1. The Kier molecular flexibility index (Phi) is 23.7. The number of unbranched alkanes of at least 4 members (excludes halogenated alkanes) is 6. The van der Waals surface area contributed by atoms with Gasteiger partial charge in [0.2, 0.25) is 0 Å². The molecule has 0 aliphatic carbocycles. The van der Waals surface area contributed by atoms with Gasteiger partial charge < -0.3 is 23.7 Å². The maximum absolute atomic E-state index is 11.5. The minimum atomic E-state index is -0.131. The summed E-state index contributed by atoms with van der Waals surface area (Å²) in [6.45, 7) is 9.75. The molecular weight excluding hydrogens is 360 g/mol. The van der Waals surface area contributed by atoms with Crippen LogP contribution in [-0.4, -0.2) is 65.4 Å². The van der Waals surface area contributed by atoms with Gasteiger partial charge in [0.05, 0.1) is 46.2 Å². The van der Waals surface area contributed by atoms with Crippen LogP contribution in [0.25, 0.3) is 0 Å². The van der Waals surface area contributed by atoms with Crippen LogP contribution >= 0.6 is 0 Å². The number of rotatable bonds is 23. The van der Waals surface area contributed by atoms with Crippen LogP contribution in [0, 0.1) is 0 Å². The first-order valence-electron chi connectivity index (χ1n) is 11.3. The molecule has 28 heavy (non-hydrogen) atoms. The van der Waals surface area contributed by atoms with Crippen LogP contribution < -0.4 is 0 Å². The summed E-state index contributed by atoms with van der Waals surface area (Å²) < 4.78 is 27.0. The van der Waals surface area contributed by atoms with E-state index in [0.29, 0.717) is 65.7 Å². The Morgan fingerprint density at radius 3 is 1.50 bits per heavy atom. The first-order chi connectivity index (χ1) is 13.8. The van der Waals surface area contributed by atoms with E-state index in [0.717, 1.165) is 32.3 Å². The summed E-state index contributed by atoms with van der Waals surface area (Å²) in [6.07, 6.45) is 10.6. The normalized spacial score (nSPS) is 11.1. The average Bonchev–Trinajstić information content (AvgIpc) is 2.70. The van der Waals surface area contributed by atoms with Gasteiger partial charge in [-0.25, -0.2) is 0 Å². The maximum Gasteiger partial charge on any atom is 0.305 e. The van der Waals surface area contributed by atoms with Crippen molar-refractivity contribution >= 4 is 5.97 Å². The molecule has 0 spiro atoms. The van der Waals surface area contributed by atoms with Crippen molar-refractivity contribution in [2.24, 2.45) is 0 Å². The fraction of sp³-hybridized carbons (Fsp3) is 0.955. The van der Waals surface area contributed by atoms with Gasteiger partial charge in [-0.05, 0) is 19.3 Å². The van der Waals surface area contributed by atoms with E-state index in [1.807, 2.05) is 0 Å². The van der Waals surface area contributed by atoms with Gasteiger partial charge in [-0.1, -0.05) is 52.4 Å². The fourth-order valence-electron chi connectivity index (χ4n) is 2.50. The number of hydrogen-bond donors (Lipinski definition) is 0. The summed E-state index contributed by atoms with van der Waals surface area (Å²) in [5.41, 5.74) is 0. The standard InChI is InChI=1S/C22H44O6/c1-3-5-7-8-10-13-24-16-18-26-20-21-27-19-17-25-14-11-12-22(23)28-15-9-6-4-2/h3-21H2,1-2H3. The Balaban J connectivity index is 3.07. The van der Waals surface area contributed by atoms with Crippen LogP contribution in [0.1, 0.15) is 78.1 Å². The van der Waals surface area contributed by atoms with E-state index in [9.17, 15) is 4.79 Å². The number of esters is 1. The highest BCUT2D eigenvalue weighted by Crippen LogP contribution is 2.02. The van der Waals surface area contributed by atoms with Crippen molar-refractivity contribution in [1.82, 2.24) is 0 Å². The molecule has 0 amide bonds. The Bertz CT molecular complexity index is 311. The molecule has 168 valence electrons. The van der Waals surface area contributed by atoms with Crippen LogP contribution in [0.3, 0.4) is 0 Å². The van der Waals surface area contributed by atoms with E-state index in [4.69, 9.17) is 23.7 Å². The molecule has 0 aromatic carbocycles. The van der Waals surface area contributed by atoms with E-state index in [2.05, 4.69) is 13.8 Å². The van der Waals surface area contributed by atoms with Gasteiger partial charge in [0.15, 0.2) is 0 Å². The second-order valence-corrected chi connectivity index (χ2v) is 6.89. The first-order valence-corrected chi connectivity index (χ1v) is 11.3. The molecule has 0 saturated heterocycles. The molecule has 0 aliphatic rings. The quantitative estimate of drug-likeness (QED) is 0.184. The second kappa shape index (κ2) is 24.3. The van der Waals surface area contributed by atoms with Gasteiger partial charge in [0.1, 0.15) is 0 Å². The highest BCUT2D eigenvalue weighted by Gasteiger charge is 2.02. The minimum absolute atomic E-state index is 0.131. The average molecular weight is 405 g/mol. The third-order valence-corrected chi connectivity index (χ3v) is 4.19. The van der Waals surface area contributed by atoms with E-state index in [-0.39, 0.29) is 5.97 Å². The van der Waals surface area contributed by atoms with Crippen molar-refractivity contribution in [3.05, 3.63) is 0 Å². The lowest BCUT2D eigenvalue weighted by Crippen LogP contribution is -2.12. The lowest BCUT2D eigenvalue weighted by Gasteiger charge is -2.08. The monoisotopic (exact) mass is 404 g/mol. The van der Waals surface area contributed by atoms with E-state index in [1.54, 1.807) is 0 Å². The zero-order chi connectivity index (χ0) is 20.5. The van der Waals surface area contributed by atoms with Gasteiger partial charge in [0, 0.05) is 19.6 Å². The number of ether oxygens (including phenoxy) is 5. The summed E-state index contributed by atoms with van der Waals surface area (Å²) >= 11 is 0. The van der Waals surface area contributed by atoms with Gasteiger partial charge in [-0.2, -0.15) is 0 Å². The molecule has 6 nitrogen and oxygen atoms in total. The van der Waals surface area contributed by atoms with Crippen LogP contribution in [-0.2, 0) is 28.5 Å². The molecule has 0 fully saturated rings. The fourth-order valence-corrected chi connectivity index (χ4v) is 2.50. The van der Waals surface area contributed by atoms with E-state index < -0.39 is 0 Å². The largest absolute Gasteiger partial charge is 0.466 e. The Morgan fingerprint density at radius 1 is 0.500 bits per heavy atom. The summed E-state index contributed by atoms with van der Waals surface area (Å²) in [7, 11) is 0. The van der Waals surface area contributed by atoms with Crippen LogP contribution in [0.5, 0.6) is 0 Å². The van der Waals surface area contributed by atoms with Crippen molar-refractivity contribution in [2.45, 2.75) is 78.1 Å². The molecule has 0 saturated carbocycles. The predicted octanol–water partition coefficient (Wildman–Crippen LogP) is 4.54. The van der Waals surface area contributed by atoms with Crippen molar-refractivity contribution in [2.75, 3.05) is 59.5 Å². The summed E-state index contributed by atoms with van der Waals surface area (Å²) in [4.78, 5) is 11.5. The lowest BCUT2D eigenvalue weighted by molar-refractivity contribution is -0.144. The molecular formula is C22H44O6. The molecule has 0 heterocycles. The third kappa shape index (κ3) is 23.3. The van der Waals surface area contributed by atoms with Crippen LogP contribution in [0.4, 0.5) is 0 Å². The maximum atomic E-state index is 11.5. The molecule has 0 rings (SSSR count). The molecule has 0 aromatic rings. The minimum Gasteiger partial charge on any atom is -0.466 e. The molecule has 0 bridgehead atoms. The highest BCUT2D eigenvalue weighted by atomic mass is 16.6.